The number of aromatic nitrogens is 2. The molecule has 0 atom stereocenters. The minimum Gasteiger partial charge on any atom is -0.356 e. The molecule has 5 heteroatoms. The maximum Gasteiger partial charge on any atom is 0.220 e. The van der Waals surface area contributed by atoms with Crippen molar-refractivity contribution >= 4 is 18.1 Å². The molecular weight excluding hydrogens is 318 g/mol. The quantitative estimate of drug-likeness (QED) is 0.291. The third kappa shape index (κ3) is 11.4. The molecule has 0 spiro atoms. The molecule has 24 heavy (non-hydrogen) atoms. The van der Waals surface area contributed by atoms with Crippen LogP contribution >= 0.6 is 12.2 Å². The van der Waals surface area contributed by atoms with Crippen LogP contribution in [0.3, 0.4) is 0 Å². The average molecular weight is 354 g/mol. The number of H-pyrrole nitrogens is 2. The van der Waals surface area contributed by atoms with Crippen molar-refractivity contribution in [3.8, 4) is 0 Å². The van der Waals surface area contributed by atoms with Gasteiger partial charge < -0.3 is 15.3 Å². The number of aromatic amines is 2. The third-order valence-corrected chi connectivity index (χ3v) is 4.57. The number of carbonyl (C=O) groups is 1. The van der Waals surface area contributed by atoms with Gasteiger partial charge in [0.2, 0.25) is 5.91 Å². The lowest BCUT2D eigenvalue weighted by molar-refractivity contribution is -0.121. The minimum absolute atomic E-state index is 0.167. The Bertz CT molecular complexity index is 481. The van der Waals surface area contributed by atoms with Crippen molar-refractivity contribution in [3.63, 3.8) is 0 Å². The predicted octanol–water partition coefficient (Wildman–Crippen LogP) is 5.43. The molecule has 0 aliphatic carbocycles. The zero-order chi connectivity index (χ0) is 17.5. The van der Waals surface area contributed by atoms with Gasteiger partial charge in [0.25, 0.3) is 0 Å². The van der Waals surface area contributed by atoms with E-state index in [2.05, 4.69) is 22.2 Å². The fourth-order valence-corrected chi connectivity index (χ4v) is 3.06. The van der Waals surface area contributed by atoms with Crippen molar-refractivity contribution in [1.82, 2.24) is 15.3 Å². The SMILES string of the molecule is CCCCCCCCCCCCNC(=O)CCCc1c[nH]c(=S)[nH]1. The number of carbonyl (C=O) groups excluding carboxylic acids is 1. The molecule has 0 bridgehead atoms. The largest absolute Gasteiger partial charge is 0.356 e. The summed E-state index contributed by atoms with van der Waals surface area (Å²) in [5.74, 6) is 0.167. The van der Waals surface area contributed by atoms with Gasteiger partial charge in [-0.1, -0.05) is 64.7 Å². The van der Waals surface area contributed by atoms with E-state index in [1.54, 1.807) is 0 Å². The van der Waals surface area contributed by atoms with Crippen LogP contribution < -0.4 is 5.32 Å². The van der Waals surface area contributed by atoms with Crippen LogP contribution in [-0.2, 0) is 11.2 Å². The molecule has 0 aromatic carbocycles. The lowest BCUT2D eigenvalue weighted by atomic mass is 10.1. The number of imidazole rings is 1. The van der Waals surface area contributed by atoms with Gasteiger partial charge in [0, 0.05) is 24.9 Å². The van der Waals surface area contributed by atoms with Gasteiger partial charge in [-0.2, -0.15) is 0 Å². The molecule has 0 radical (unpaired) electrons. The monoisotopic (exact) mass is 353 g/mol. The fourth-order valence-electron chi connectivity index (χ4n) is 2.87. The first kappa shape index (κ1) is 20.9. The van der Waals surface area contributed by atoms with E-state index in [4.69, 9.17) is 12.2 Å². The van der Waals surface area contributed by atoms with Crippen LogP contribution in [0.15, 0.2) is 6.20 Å². The standard InChI is InChI=1S/C19H35N3OS/c1-2-3-4-5-6-7-8-9-10-11-15-20-18(23)14-12-13-17-16-21-19(24)22-17/h16H,2-15H2,1H3,(H,20,23)(H2,21,22,24). The smallest absolute Gasteiger partial charge is 0.220 e. The number of amides is 1. The van der Waals surface area contributed by atoms with Gasteiger partial charge in [-0.15, -0.1) is 0 Å². The predicted molar refractivity (Wildman–Crippen MR) is 104 cm³/mol. The fraction of sp³-hybridized carbons (Fsp3) is 0.789. The highest BCUT2D eigenvalue weighted by Gasteiger charge is 2.02. The number of nitrogens with one attached hydrogen (secondary N) is 3. The highest BCUT2D eigenvalue weighted by Crippen LogP contribution is 2.10. The molecule has 0 unspecified atom stereocenters. The molecule has 3 N–H and O–H groups in total. The number of unbranched alkanes of at least 4 members (excludes halogenated alkanes) is 9. The molecule has 0 saturated carbocycles. The first-order chi connectivity index (χ1) is 11.7. The topological polar surface area (TPSA) is 60.7 Å². The molecule has 1 aromatic heterocycles. The van der Waals surface area contributed by atoms with Gasteiger partial charge in [0.1, 0.15) is 0 Å². The summed E-state index contributed by atoms with van der Waals surface area (Å²) < 4.78 is 0.649. The normalized spacial score (nSPS) is 10.9. The minimum atomic E-state index is 0.167. The molecule has 138 valence electrons. The first-order valence-electron chi connectivity index (χ1n) is 9.75. The molecule has 1 heterocycles. The summed E-state index contributed by atoms with van der Waals surface area (Å²) in [6, 6.07) is 0. The van der Waals surface area contributed by atoms with Crippen molar-refractivity contribution < 1.29 is 4.79 Å². The van der Waals surface area contributed by atoms with E-state index in [0.717, 1.165) is 31.5 Å². The molecular formula is C19H35N3OS. The molecule has 1 amide bonds. The van der Waals surface area contributed by atoms with Crippen LogP contribution in [0.25, 0.3) is 0 Å². The number of hydrogen-bond acceptors (Lipinski definition) is 2. The summed E-state index contributed by atoms with van der Waals surface area (Å²) in [7, 11) is 0. The first-order valence-corrected chi connectivity index (χ1v) is 10.2. The Morgan fingerprint density at radius 2 is 1.62 bits per heavy atom. The van der Waals surface area contributed by atoms with Crippen LogP contribution in [0, 0.1) is 4.77 Å². The van der Waals surface area contributed by atoms with Gasteiger partial charge >= 0.3 is 0 Å². The molecule has 0 saturated heterocycles. The molecule has 0 aliphatic rings. The van der Waals surface area contributed by atoms with Crippen LogP contribution in [-0.4, -0.2) is 22.4 Å². The van der Waals surface area contributed by atoms with E-state index < -0.39 is 0 Å². The van der Waals surface area contributed by atoms with Gasteiger partial charge in [-0.25, -0.2) is 0 Å². The Morgan fingerprint density at radius 1 is 1.00 bits per heavy atom. The summed E-state index contributed by atoms with van der Waals surface area (Å²) in [6.45, 7) is 3.08. The summed E-state index contributed by atoms with van der Waals surface area (Å²) in [6.07, 6.45) is 17.4. The zero-order valence-corrected chi connectivity index (χ0v) is 16.1. The lowest BCUT2D eigenvalue weighted by Gasteiger charge is -2.05. The van der Waals surface area contributed by atoms with Gasteiger partial charge in [0.15, 0.2) is 4.77 Å². The number of hydrogen-bond donors (Lipinski definition) is 3. The van der Waals surface area contributed by atoms with Crippen molar-refractivity contribution in [1.29, 1.82) is 0 Å². The Hall–Kier alpha value is -1.10. The third-order valence-electron chi connectivity index (χ3n) is 4.35. The van der Waals surface area contributed by atoms with Crippen LogP contribution in [0.5, 0.6) is 0 Å². The van der Waals surface area contributed by atoms with Crippen LogP contribution in [0.2, 0.25) is 0 Å². The van der Waals surface area contributed by atoms with Crippen molar-refractivity contribution in [2.24, 2.45) is 0 Å². The number of aryl methyl sites for hydroxylation is 1. The van der Waals surface area contributed by atoms with Crippen molar-refractivity contribution in [2.75, 3.05) is 6.54 Å². The number of rotatable bonds is 15. The van der Waals surface area contributed by atoms with Crippen LogP contribution in [0.1, 0.15) is 89.7 Å². The maximum absolute atomic E-state index is 11.7. The van der Waals surface area contributed by atoms with Gasteiger partial charge in [0.05, 0.1) is 0 Å². The Labute approximate surface area is 152 Å². The average Bonchev–Trinajstić information content (AvgIpc) is 2.98. The Kier molecular flexibility index (Phi) is 12.4. The van der Waals surface area contributed by atoms with E-state index in [1.807, 2.05) is 6.20 Å². The van der Waals surface area contributed by atoms with Gasteiger partial charge in [-0.05, 0) is 31.5 Å². The Balaban J connectivity index is 1.83. The second-order valence-electron chi connectivity index (χ2n) is 6.65. The maximum atomic E-state index is 11.7. The highest BCUT2D eigenvalue weighted by molar-refractivity contribution is 7.71. The van der Waals surface area contributed by atoms with Gasteiger partial charge in [-0.3, -0.25) is 4.79 Å². The molecule has 0 fully saturated rings. The van der Waals surface area contributed by atoms with Crippen LogP contribution in [0.4, 0.5) is 0 Å². The summed E-state index contributed by atoms with van der Waals surface area (Å²) in [5, 5.41) is 3.02. The molecule has 1 rings (SSSR count). The van der Waals surface area contributed by atoms with E-state index in [0.29, 0.717) is 11.2 Å². The second-order valence-corrected chi connectivity index (χ2v) is 7.06. The second kappa shape index (κ2) is 14.3. The summed E-state index contributed by atoms with van der Waals surface area (Å²) in [5.41, 5.74) is 1.07. The molecule has 4 nitrogen and oxygen atoms in total. The van der Waals surface area contributed by atoms with E-state index in [9.17, 15) is 4.79 Å². The zero-order valence-electron chi connectivity index (χ0n) is 15.3. The van der Waals surface area contributed by atoms with Crippen molar-refractivity contribution in [3.05, 3.63) is 16.7 Å². The van der Waals surface area contributed by atoms with E-state index >= 15 is 0 Å². The summed E-state index contributed by atoms with van der Waals surface area (Å²) >= 11 is 4.98. The Morgan fingerprint density at radius 3 is 2.21 bits per heavy atom. The van der Waals surface area contributed by atoms with E-state index in [1.165, 1.54) is 57.8 Å². The van der Waals surface area contributed by atoms with Crippen molar-refractivity contribution in [2.45, 2.75) is 90.4 Å². The summed E-state index contributed by atoms with van der Waals surface area (Å²) in [4.78, 5) is 17.8. The molecule has 1 aromatic rings. The lowest BCUT2D eigenvalue weighted by Crippen LogP contribution is -2.24. The highest BCUT2D eigenvalue weighted by atomic mass is 32.1. The molecule has 0 aliphatic heterocycles. The van der Waals surface area contributed by atoms with E-state index in [-0.39, 0.29) is 5.91 Å².